The van der Waals surface area contributed by atoms with Crippen molar-refractivity contribution in [2.45, 2.75) is 40.5 Å². The second-order valence-electron chi connectivity index (χ2n) is 7.13. The first-order chi connectivity index (χ1) is 12.0. The molecule has 0 bridgehead atoms. The maximum absolute atomic E-state index is 12.0. The maximum Gasteiger partial charge on any atom is 0.287 e. The van der Waals surface area contributed by atoms with Crippen LogP contribution in [0.1, 0.15) is 49.7 Å². The first kappa shape index (κ1) is 19.3. The Balaban J connectivity index is 1.79. The van der Waals surface area contributed by atoms with Crippen LogP contribution in [0.15, 0.2) is 21.7 Å². The third kappa shape index (κ3) is 5.80. The zero-order valence-corrected chi connectivity index (χ0v) is 16.0. The predicted octanol–water partition coefficient (Wildman–Crippen LogP) is 2.65. The van der Waals surface area contributed by atoms with Crippen molar-refractivity contribution in [2.24, 2.45) is 16.8 Å². The molecule has 1 aliphatic heterocycles. The number of likely N-dealkylation sites (tertiary alicyclic amines) is 1. The van der Waals surface area contributed by atoms with Gasteiger partial charge in [0.2, 0.25) is 0 Å². The predicted molar refractivity (Wildman–Crippen MR) is 101 cm³/mol. The van der Waals surface area contributed by atoms with Crippen LogP contribution in [0.5, 0.6) is 0 Å². The average molecular weight is 348 g/mol. The van der Waals surface area contributed by atoms with E-state index in [1.54, 1.807) is 6.07 Å². The zero-order chi connectivity index (χ0) is 18.2. The fourth-order valence-electron chi connectivity index (χ4n) is 3.41. The van der Waals surface area contributed by atoms with E-state index in [0.29, 0.717) is 30.7 Å². The minimum atomic E-state index is -0.155. The highest BCUT2D eigenvalue weighted by Crippen LogP contribution is 2.20. The van der Waals surface area contributed by atoms with Gasteiger partial charge in [0, 0.05) is 38.3 Å². The van der Waals surface area contributed by atoms with E-state index in [2.05, 4.69) is 36.3 Å². The van der Waals surface area contributed by atoms with Crippen LogP contribution in [0.25, 0.3) is 0 Å². The number of hydrogen-bond donors (Lipinski definition) is 2. The van der Waals surface area contributed by atoms with Gasteiger partial charge in [0.15, 0.2) is 11.7 Å². The first-order valence-electron chi connectivity index (χ1n) is 9.36. The van der Waals surface area contributed by atoms with E-state index >= 15 is 0 Å². The molecule has 1 saturated heterocycles. The number of nitrogens with zero attached hydrogens (tertiary/aromatic N) is 2. The van der Waals surface area contributed by atoms with Gasteiger partial charge in [0.1, 0.15) is 0 Å². The number of aliphatic imine (C=N–C) groups is 1. The molecule has 0 spiro atoms. The SMILES string of the molecule is CCNC(=NCCCNC(=O)c1occc1C)N1CC(C)CC(C)C1. The molecule has 6 nitrogen and oxygen atoms in total. The van der Waals surface area contributed by atoms with Gasteiger partial charge in [-0.15, -0.1) is 0 Å². The van der Waals surface area contributed by atoms with Crippen LogP contribution in [-0.4, -0.2) is 49.5 Å². The van der Waals surface area contributed by atoms with Crippen molar-refractivity contribution in [3.05, 3.63) is 23.7 Å². The molecule has 1 aromatic heterocycles. The van der Waals surface area contributed by atoms with Gasteiger partial charge in [-0.05, 0) is 44.6 Å². The minimum absolute atomic E-state index is 0.155. The lowest BCUT2D eigenvalue weighted by Crippen LogP contribution is -2.48. The van der Waals surface area contributed by atoms with Crippen LogP contribution in [0, 0.1) is 18.8 Å². The standard InChI is InChI=1S/C19H32N4O2/c1-5-20-19(23-12-14(2)11-15(3)13-23)22-9-6-8-21-18(24)17-16(4)7-10-25-17/h7,10,14-15H,5-6,8-9,11-13H2,1-4H3,(H,20,22)(H,21,24). The van der Waals surface area contributed by atoms with Gasteiger partial charge in [0.25, 0.3) is 5.91 Å². The number of nitrogens with one attached hydrogen (secondary N) is 2. The number of hydrogen-bond acceptors (Lipinski definition) is 3. The largest absolute Gasteiger partial charge is 0.459 e. The normalized spacial score (nSPS) is 21.3. The number of amides is 1. The Labute approximate surface area is 151 Å². The van der Waals surface area contributed by atoms with Gasteiger partial charge >= 0.3 is 0 Å². The average Bonchev–Trinajstić information content (AvgIpc) is 2.98. The van der Waals surface area contributed by atoms with Crippen molar-refractivity contribution in [3.63, 3.8) is 0 Å². The monoisotopic (exact) mass is 348 g/mol. The lowest BCUT2D eigenvalue weighted by atomic mass is 9.92. The molecule has 0 aliphatic carbocycles. The molecule has 2 atom stereocenters. The van der Waals surface area contributed by atoms with Crippen LogP contribution >= 0.6 is 0 Å². The van der Waals surface area contributed by atoms with Crippen LogP contribution < -0.4 is 10.6 Å². The van der Waals surface area contributed by atoms with Gasteiger partial charge < -0.3 is 20.0 Å². The van der Waals surface area contributed by atoms with Gasteiger partial charge in [-0.1, -0.05) is 13.8 Å². The fourth-order valence-corrected chi connectivity index (χ4v) is 3.41. The second-order valence-corrected chi connectivity index (χ2v) is 7.13. The fraction of sp³-hybridized carbons (Fsp3) is 0.684. The van der Waals surface area contributed by atoms with Crippen LogP contribution in [-0.2, 0) is 0 Å². The second kappa shape index (κ2) is 9.49. The number of rotatable bonds is 6. The number of furan rings is 1. The third-order valence-electron chi connectivity index (χ3n) is 4.45. The Morgan fingerprint density at radius 3 is 2.64 bits per heavy atom. The number of carbonyl (C=O) groups excluding carboxylic acids is 1. The van der Waals surface area contributed by atoms with Gasteiger partial charge in [-0.2, -0.15) is 0 Å². The highest BCUT2D eigenvalue weighted by atomic mass is 16.3. The molecule has 1 aliphatic rings. The summed E-state index contributed by atoms with van der Waals surface area (Å²) in [6.07, 6.45) is 3.63. The first-order valence-corrected chi connectivity index (χ1v) is 9.36. The summed E-state index contributed by atoms with van der Waals surface area (Å²) in [5, 5.41) is 6.29. The summed E-state index contributed by atoms with van der Waals surface area (Å²) < 4.78 is 5.20. The molecule has 1 aromatic rings. The molecular formula is C19H32N4O2. The Morgan fingerprint density at radius 1 is 1.32 bits per heavy atom. The van der Waals surface area contributed by atoms with E-state index in [9.17, 15) is 4.79 Å². The number of piperidine rings is 1. The van der Waals surface area contributed by atoms with Crippen molar-refractivity contribution in [1.29, 1.82) is 0 Å². The molecule has 2 unspecified atom stereocenters. The Morgan fingerprint density at radius 2 is 2.04 bits per heavy atom. The lowest BCUT2D eigenvalue weighted by Gasteiger charge is -2.37. The summed E-state index contributed by atoms with van der Waals surface area (Å²) in [6.45, 7) is 12.8. The molecule has 1 amide bonds. The van der Waals surface area contributed by atoms with Gasteiger partial charge in [-0.3, -0.25) is 9.79 Å². The van der Waals surface area contributed by atoms with Crippen molar-refractivity contribution in [1.82, 2.24) is 15.5 Å². The van der Waals surface area contributed by atoms with Gasteiger partial charge in [-0.25, -0.2) is 0 Å². The molecule has 0 aromatic carbocycles. The number of carbonyl (C=O) groups is 1. The number of aryl methyl sites for hydroxylation is 1. The van der Waals surface area contributed by atoms with E-state index in [-0.39, 0.29) is 5.91 Å². The van der Waals surface area contributed by atoms with E-state index in [1.165, 1.54) is 12.7 Å². The molecule has 25 heavy (non-hydrogen) atoms. The van der Waals surface area contributed by atoms with E-state index in [4.69, 9.17) is 9.41 Å². The maximum atomic E-state index is 12.0. The van der Waals surface area contributed by atoms with Crippen LogP contribution in [0.2, 0.25) is 0 Å². The smallest absolute Gasteiger partial charge is 0.287 e. The molecule has 6 heteroatoms. The molecule has 0 saturated carbocycles. The van der Waals surface area contributed by atoms with Crippen LogP contribution in [0.3, 0.4) is 0 Å². The quantitative estimate of drug-likeness (QED) is 0.471. The lowest BCUT2D eigenvalue weighted by molar-refractivity contribution is 0.0925. The molecule has 2 rings (SSSR count). The third-order valence-corrected chi connectivity index (χ3v) is 4.45. The van der Waals surface area contributed by atoms with Crippen molar-refractivity contribution < 1.29 is 9.21 Å². The number of guanidine groups is 1. The summed E-state index contributed by atoms with van der Waals surface area (Å²) in [5.74, 6) is 2.63. The molecular weight excluding hydrogens is 316 g/mol. The minimum Gasteiger partial charge on any atom is -0.459 e. The summed E-state index contributed by atoms with van der Waals surface area (Å²) in [7, 11) is 0. The Hall–Kier alpha value is -1.98. The summed E-state index contributed by atoms with van der Waals surface area (Å²) in [6, 6.07) is 1.79. The van der Waals surface area contributed by atoms with E-state index < -0.39 is 0 Å². The highest BCUT2D eigenvalue weighted by Gasteiger charge is 2.23. The van der Waals surface area contributed by atoms with Crippen LogP contribution in [0.4, 0.5) is 0 Å². The zero-order valence-electron chi connectivity index (χ0n) is 16.0. The molecule has 0 radical (unpaired) electrons. The molecule has 140 valence electrons. The highest BCUT2D eigenvalue weighted by molar-refractivity contribution is 5.92. The summed E-state index contributed by atoms with van der Waals surface area (Å²) >= 11 is 0. The molecule has 2 N–H and O–H groups in total. The Bertz CT molecular complexity index is 572. The van der Waals surface area contributed by atoms with E-state index in [1.807, 2.05) is 6.92 Å². The van der Waals surface area contributed by atoms with Crippen molar-refractivity contribution in [3.8, 4) is 0 Å². The van der Waals surface area contributed by atoms with Crippen molar-refractivity contribution in [2.75, 3.05) is 32.7 Å². The van der Waals surface area contributed by atoms with E-state index in [0.717, 1.165) is 37.6 Å². The van der Waals surface area contributed by atoms with Crippen molar-refractivity contribution >= 4 is 11.9 Å². The topological polar surface area (TPSA) is 69.9 Å². The Kier molecular flexibility index (Phi) is 7.34. The summed E-state index contributed by atoms with van der Waals surface area (Å²) in [4.78, 5) is 19.1. The molecule has 2 heterocycles. The van der Waals surface area contributed by atoms with Gasteiger partial charge in [0.05, 0.1) is 6.26 Å². The summed E-state index contributed by atoms with van der Waals surface area (Å²) in [5.41, 5.74) is 0.860. The molecule has 1 fully saturated rings.